The molecule has 0 unspecified atom stereocenters. The number of nitrogens with zero attached hydrogens (tertiary/aromatic N) is 3. The minimum atomic E-state index is 0.235. The molecule has 0 saturated carbocycles. The van der Waals surface area contributed by atoms with Crippen molar-refractivity contribution in [2.45, 2.75) is 31.5 Å². The molecule has 4 aliphatic heterocycles. The molecule has 1 aromatic rings. The molecule has 0 spiro atoms. The average molecular weight is 345 g/mol. The van der Waals surface area contributed by atoms with Crippen LogP contribution in [0.3, 0.4) is 0 Å². The van der Waals surface area contributed by atoms with Crippen LogP contribution in [0, 0.1) is 5.92 Å². The molecule has 0 amide bonds. The van der Waals surface area contributed by atoms with Gasteiger partial charge in [0.25, 0.3) is 5.56 Å². The smallest absolute Gasteiger partial charge is 0.255 e. The molecule has 0 N–H and O–H groups in total. The van der Waals surface area contributed by atoms with Crippen molar-refractivity contribution < 1.29 is 9.47 Å². The molecule has 6 heteroatoms. The topological polar surface area (TPSA) is 46.9 Å². The van der Waals surface area contributed by atoms with E-state index in [4.69, 9.17) is 9.47 Å². The van der Waals surface area contributed by atoms with Crippen LogP contribution in [0.4, 0.5) is 0 Å². The van der Waals surface area contributed by atoms with Crippen molar-refractivity contribution in [2.75, 3.05) is 52.6 Å². The summed E-state index contributed by atoms with van der Waals surface area (Å²) in [6, 6.07) is 4.90. The van der Waals surface area contributed by atoms with Crippen molar-refractivity contribution in [2.24, 2.45) is 5.92 Å². The number of hydrogen-bond donors (Lipinski definition) is 0. The molecule has 4 aliphatic rings. The number of rotatable bonds is 3. The summed E-state index contributed by atoms with van der Waals surface area (Å²) in [4.78, 5) is 18.0. The van der Waals surface area contributed by atoms with Gasteiger partial charge in [0.1, 0.15) is 0 Å². The molecule has 136 valence electrons. The van der Waals surface area contributed by atoms with E-state index in [1.54, 1.807) is 0 Å². The SMILES string of the molecule is O=c1c(CN2CCOCC2)ccc2n1C[C@H]1C[C@@H]2CN(C2COC2)C1. The fourth-order valence-corrected chi connectivity index (χ4v) is 4.88. The molecule has 3 fully saturated rings. The molecule has 2 atom stereocenters. The van der Waals surface area contributed by atoms with Crippen LogP contribution in [0.25, 0.3) is 0 Å². The average Bonchev–Trinajstić information content (AvgIpc) is 2.57. The van der Waals surface area contributed by atoms with E-state index in [-0.39, 0.29) is 5.56 Å². The Labute approximate surface area is 148 Å². The van der Waals surface area contributed by atoms with E-state index in [0.717, 1.165) is 71.3 Å². The Balaban J connectivity index is 1.38. The van der Waals surface area contributed by atoms with Crippen molar-refractivity contribution in [3.8, 4) is 0 Å². The zero-order valence-corrected chi connectivity index (χ0v) is 14.7. The van der Waals surface area contributed by atoms with Crippen LogP contribution < -0.4 is 5.56 Å². The molecule has 5 heterocycles. The van der Waals surface area contributed by atoms with Gasteiger partial charge in [0, 0.05) is 56.4 Å². The summed E-state index contributed by atoms with van der Waals surface area (Å²) in [6.07, 6.45) is 1.23. The lowest BCUT2D eigenvalue weighted by Gasteiger charge is -2.47. The second-order valence-corrected chi connectivity index (χ2v) is 8.03. The zero-order chi connectivity index (χ0) is 16.8. The largest absolute Gasteiger partial charge is 0.379 e. The molecule has 6 nitrogen and oxygen atoms in total. The summed E-state index contributed by atoms with van der Waals surface area (Å²) in [7, 11) is 0. The van der Waals surface area contributed by atoms with Gasteiger partial charge >= 0.3 is 0 Å². The van der Waals surface area contributed by atoms with Crippen LogP contribution in [0.5, 0.6) is 0 Å². The first-order valence-electron chi connectivity index (χ1n) is 9.62. The fourth-order valence-electron chi connectivity index (χ4n) is 4.88. The monoisotopic (exact) mass is 345 g/mol. The molecule has 0 aromatic carbocycles. The van der Waals surface area contributed by atoms with Gasteiger partial charge in [-0.05, 0) is 18.4 Å². The van der Waals surface area contributed by atoms with Crippen molar-refractivity contribution in [3.63, 3.8) is 0 Å². The minimum Gasteiger partial charge on any atom is -0.379 e. The van der Waals surface area contributed by atoms with E-state index in [9.17, 15) is 4.79 Å². The lowest BCUT2D eigenvalue weighted by molar-refractivity contribution is -0.0827. The number of piperidine rings is 1. The molecule has 2 bridgehead atoms. The van der Waals surface area contributed by atoms with Crippen molar-refractivity contribution in [1.82, 2.24) is 14.4 Å². The highest BCUT2D eigenvalue weighted by Gasteiger charge is 2.39. The first kappa shape index (κ1) is 16.0. The van der Waals surface area contributed by atoms with Crippen LogP contribution in [0.15, 0.2) is 16.9 Å². The summed E-state index contributed by atoms with van der Waals surface area (Å²) in [6.45, 7) is 8.98. The first-order valence-corrected chi connectivity index (χ1v) is 9.62. The van der Waals surface area contributed by atoms with E-state index < -0.39 is 0 Å². The molecule has 1 aromatic heterocycles. The van der Waals surface area contributed by atoms with Crippen LogP contribution in [-0.2, 0) is 22.6 Å². The highest BCUT2D eigenvalue weighted by molar-refractivity contribution is 5.22. The second kappa shape index (κ2) is 6.50. The van der Waals surface area contributed by atoms with Gasteiger partial charge in [-0.2, -0.15) is 0 Å². The van der Waals surface area contributed by atoms with Gasteiger partial charge in [0.2, 0.25) is 0 Å². The van der Waals surface area contributed by atoms with Crippen LogP contribution >= 0.6 is 0 Å². The van der Waals surface area contributed by atoms with Crippen LogP contribution in [0.2, 0.25) is 0 Å². The molecule has 5 rings (SSSR count). The van der Waals surface area contributed by atoms with Gasteiger partial charge in [-0.15, -0.1) is 0 Å². The number of fused-ring (bicyclic) bond motifs is 4. The van der Waals surface area contributed by atoms with E-state index in [1.807, 2.05) is 0 Å². The predicted octanol–water partition coefficient (Wildman–Crippen LogP) is 0.498. The maximum absolute atomic E-state index is 13.1. The summed E-state index contributed by atoms with van der Waals surface area (Å²) in [5.74, 6) is 1.10. The molecular weight excluding hydrogens is 318 g/mol. The minimum absolute atomic E-state index is 0.235. The normalized spacial score (nSPS) is 30.7. The Morgan fingerprint density at radius 3 is 2.64 bits per heavy atom. The Hall–Kier alpha value is -1.21. The third-order valence-electron chi connectivity index (χ3n) is 6.35. The summed E-state index contributed by atoms with van der Waals surface area (Å²) in [5, 5.41) is 0. The van der Waals surface area contributed by atoms with Crippen molar-refractivity contribution in [1.29, 1.82) is 0 Å². The summed E-state index contributed by atoms with van der Waals surface area (Å²) >= 11 is 0. The highest BCUT2D eigenvalue weighted by atomic mass is 16.5. The Bertz CT molecular complexity index is 694. The van der Waals surface area contributed by atoms with Gasteiger partial charge in [0.15, 0.2) is 0 Å². The molecule has 0 radical (unpaired) electrons. The van der Waals surface area contributed by atoms with E-state index in [1.165, 1.54) is 12.1 Å². The number of morpholine rings is 1. The maximum Gasteiger partial charge on any atom is 0.255 e. The van der Waals surface area contributed by atoms with Gasteiger partial charge < -0.3 is 14.0 Å². The lowest BCUT2D eigenvalue weighted by atomic mass is 9.82. The molecule has 0 aliphatic carbocycles. The molecule has 25 heavy (non-hydrogen) atoms. The second-order valence-electron chi connectivity index (χ2n) is 8.03. The first-order chi connectivity index (χ1) is 12.3. The number of hydrogen-bond acceptors (Lipinski definition) is 5. The zero-order valence-electron chi connectivity index (χ0n) is 14.7. The quantitative estimate of drug-likeness (QED) is 0.798. The highest BCUT2D eigenvalue weighted by Crippen LogP contribution is 2.36. The van der Waals surface area contributed by atoms with E-state index >= 15 is 0 Å². The predicted molar refractivity (Wildman–Crippen MR) is 93.8 cm³/mol. The standard InChI is InChI=1S/C19H27N3O3/c23-19-15(10-20-3-5-24-6-4-20)1-2-18-16-7-14(9-22(18)19)8-21(11-16)17-12-25-13-17/h1-2,14,16-17H,3-13H2/t14-,16+/m0/s1. The van der Waals surface area contributed by atoms with Crippen molar-refractivity contribution in [3.05, 3.63) is 33.7 Å². The van der Waals surface area contributed by atoms with Crippen molar-refractivity contribution >= 4 is 0 Å². The van der Waals surface area contributed by atoms with Gasteiger partial charge in [0.05, 0.1) is 32.5 Å². The number of ether oxygens (including phenoxy) is 2. The Morgan fingerprint density at radius 2 is 1.88 bits per heavy atom. The third-order valence-corrected chi connectivity index (χ3v) is 6.35. The van der Waals surface area contributed by atoms with Crippen LogP contribution in [-0.4, -0.2) is 73.0 Å². The lowest BCUT2D eigenvalue weighted by Crippen LogP contribution is -2.56. The third kappa shape index (κ3) is 2.95. The molecular formula is C19H27N3O3. The summed E-state index contributed by atoms with van der Waals surface area (Å²) < 4.78 is 12.9. The Morgan fingerprint density at radius 1 is 1.04 bits per heavy atom. The Kier molecular flexibility index (Phi) is 4.16. The van der Waals surface area contributed by atoms with Gasteiger partial charge in [-0.1, -0.05) is 6.07 Å². The number of pyridine rings is 1. The van der Waals surface area contributed by atoms with Crippen LogP contribution in [0.1, 0.15) is 23.6 Å². The van der Waals surface area contributed by atoms with E-state index in [0.29, 0.717) is 17.9 Å². The summed E-state index contributed by atoms with van der Waals surface area (Å²) in [5.41, 5.74) is 2.42. The van der Waals surface area contributed by atoms with Gasteiger partial charge in [-0.25, -0.2) is 0 Å². The number of likely N-dealkylation sites (tertiary alicyclic amines) is 1. The maximum atomic E-state index is 13.1. The molecule has 3 saturated heterocycles. The number of aromatic nitrogens is 1. The fraction of sp³-hybridized carbons (Fsp3) is 0.737. The van der Waals surface area contributed by atoms with E-state index in [2.05, 4.69) is 26.5 Å². The van der Waals surface area contributed by atoms with Gasteiger partial charge in [-0.3, -0.25) is 14.6 Å².